The van der Waals surface area contributed by atoms with Crippen LogP contribution >= 0.6 is 0 Å². The van der Waals surface area contributed by atoms with Gasteiger partial charge in [0.2, 0.25) is 11.7 Å². The predicted octanol–water partition coefficient (Wildman–Crippen LogP) is 1.44. The summed E-state index contributed by atoms with van der Waals surface area (Å²) in [6.45, 7) is 7.42. The van der Waals surface area contributed by atoms with E-state index in [0.29, 0.717) is 11.6 Å². The Morgan fingerprint density at radius 3 is 2.68 bits per heavy atom. The van der Waals surface area contributed by atoms with Crippen molar-refractivity contribution < 1.29 is 24.6 Å². The molecule has 2 aliphatic heterocycles. The lowest BCUT2D eigenvalue weighted by atomic mass is 9.92. The Labute approximate surface area is 212 Å². The molecule has 3 aromatic rings. The molecule has 37 heavy (non-hydrogen) atoms. The number of carbonyl (C=O) groups excluding carboxylic acids is 2. The number of likely N-dealkylation sites (tertiary alicyclic amines) is 1. The van der Waals surface area contributed by atoms with E-state index in [1.54, 1.807) is 4.52 Å². The molecular weight excluding hydrogens is 478 g/mol. The van der Waals surface area contributed by atoms with Gasteiger partial charge in [0.05, 0.1) is 29.9 Å². The third kappa shape index (κ3) is 4.71. The molecule has 0 bridgehead atoms. The average Bonchev–Trinajstić information content (AvgIpc) is 3.55. The van der Waals surface area contributed by atoms with E-state index in [4.69, 9.17) is 5.11 Å². The van der Waals surface area contributed by atoms with Crippen molar-refractivity contribution in [1.82, 2.24) is 24.5 Å². The Hall–Kier alpha value is -4.06. The minimum absolute atomic E-state index is 0.0114. The van der Waals surface area contributed by atoms with Gasteiger partial charge in [0.15, 0.2) is 11.3 Å². The molecule has 2 fully saturated rings. The summed E-state index contributed by atoms with van der Waals surface area (Å²) in [6, 6.07) is 6.27. The number of β-amino-alcohol motifs (C(OH)–C–C–N with tert-alkyl or cyclic N) is 1. The van der Waals surface area contributed by atoms with Gasteiger partial charge in [0.1, 0.15) is 5.82 Å². The van der Waals surface area contributed by atoms with Gasteiger partial charge in [0, 0.05) is 19.6 Å². The number of nitrogens with zero attached hydrogens (tertiary/aromatic N) is 6. The number of aromatic nitrogens is 4. The van der Waals surface area contributed by atoms with Crippen molar-refractivity contribution in [2.24, 2.45) is 11.8 Å². The van der Waals surface area contributed by atoms with Crippen molar-refractivity contribution in [2.75, 3.05) is 36.4 Å². The number of rotatable bonds is 5. The lowest BCUT2D eigenvalue weighted by molar-refractivity contribution is -0.125. The fraction of sp³-hybridized carbons (Fsp3) is 0.440. The normalized spacial score (nSPS) is 23.6. The molecule has 194 valence electrons. The molecule has 2 aliphatic rings. The van der Waals surface area contributed by atoms with Gasteiger partial charge in [-0.25, -0.2) is 19.3 Å². The van der Waals surface area contributed by atoms with Crippen LogP contribution in [-0.4, -0.2) is 84.3 Å². The van der Waals surface area contributed by atoms with Gasteiger partial charge in [-0.1, -0.05) is 13.0 Å². The zero-order chi connectivity index (χ0) is 26.5. The van der Waals surface area contributed by atoms with E-state index in [2.05, 4.69) is 32.2 Å². The van der Waals surface area contributed by atoms with E-state index in [1.165, 1.54) is 30.0 Å². The number of amides is 2. The summed E-state index contributed by atoms with van der Waals surface area (Å²) in [4.78, 5) is 49.4. The first-order valence-electron chi connectivity index (χ1n) is 12.2. The SMILES string of the molecule is Cc1cc(N2CCC(C)C2)cn2nc(C(=O)N3CC(C(=O)Nc4cccc(C(=O)O)n4)C(C)(O)C3)nc12. The second kappa shape index (κ2) is 9.11. The fourth-order valence-electron chi connectivity index (χ4n) is 5.04. The average molecular weight is 508 g/mol. The number of fused-ring (bicyclic) bond motifs is 1. The highest BCUT2D eigenvalue weighted by Gasteiger charge is 2.48. The van der Waals surface area contributed by atoms with E-state index in [1.807, 2.05) is 19.2 Å². The maximum Gasteiger partial charge on any atom is 0.354 e. The molecule has 5 heterocycles. The number of carboxylic acid groups (broad SMARTS) is 1. The van der Waals surface area contributed by atoms with Crippen LogP contribution in [0.1, 0.15) is 46.9 Å². The number of hydrogen-bond acceptors (Lipinski definition) is 8. The standard InChI is InChI=1S/C25H29N7O5/c1-14-7-8-30(10-14)16-9-15(2)21-28-20(29-32(21)11-16)23(34)31-12-17(25(3,37)13-31)22(33)27-19-6-4-5-18(26-19)24(35)36/h4-6,9,11,14,17,37H,7-8,10,12-13H2,1-3H3,(H,35,36)(H,26,27,33). The summed E-state index contributed by atoms with van der Waals surface area (Å²) in [6.07, 6.45) is 3.00. The summed E-state index contributed by atoms with van der Waals surface area (Å²) >= 11 is 0. The highest BCUT2D eigenvalue weighted by Crippen LogP contribution is 2.30. The number of hydrogen-bond donors (Lipinski definition) is 3. The zero-order valence-electron chi connectivity index (χ0n) is 20.9. The van der Waals surface area contributed by atoms with Crippen molar-refractivity contribution in [3.05, 3.63) is 47.5 Å². The number of pyridine rings is 2. The lowest BCUT2D eigenvalue weighted by Gasteiger charge is -2.22. The molecule has 12 heteroatoms. The van der Waals surface area contributed by atoms with Gasteiger partial charge in [-0.15, -0.1) is 5.10 Å². The van der Waals surface area contributed by atoms with Crippen LogP contribution in [0, 0.1) is 18.8 Å². The number of aliphatic hydroxyl groups is 1. The fourth-order valence-corrected chi connectivity index (χ4v) is 5.04. The van der Waals surface area contributed by atoms with Crippen molar-refractivity contribution in [3.63, 3.8) is 0 Å². The van der Waals surface area contributed by atoms with Crippen molar-refractivity contribution >= 4 is 34.9 Å². The molecule has 3 aromatic heterocycles. The molecule has 5 rings (SSSR count). The third-order valence-corrected chi connectivity index (χ3v) is 7.07. The Morgan fingerprint density at radius 2 is 1.97 bits per heavy atom. The summed E-state index contributed by atoms with van der Waals surface area (Å²) in [7, 11) is 0. The molecule has 2 amide bonds. The maximum absolute atomic E-state index is 13.3. The van der Waals surface area contributed by atoms with Crippen LogP contribution in [0.4, 0.5) is 11.5 Å². The van der Waals surface area contributed by atoms with Gasteiger partial charge in [-0.05, 0) is 49.9 Å². The Balaban J connectivity index is 1.33. The van der Waals surface area contributed by atoms with Crippen LogP contribution in [-0.2, 0) is 4.79 Å². The van der Waals surface area contributed by atoms with Gasteiger partial charge < -0.3 is 25.3 Å². The summed E-state index contributed by atoms with van der Waals surface area (Å²) in [5, 5.41) is 27.0. The summed E-state index contributed by atoms with van der Waals surface area (Å²) in [5.74, 6) is -2.59. The van der Waals surface area contributed by atoms with Crippen LogP contribution in [0.5, 0.6) is 0 Å². The molecule has 0 radical (unpaired) electrons. The largest absolute Gasteiger partial charge is 0.477 e. The number of nitrogens with one attached hydrogen (secondary N) is 1. The molecule has 0 spiro atoms. The second-order valence-corrected chi connectivity index (χ2v) is 10.2. The number of carboxylic acids is 1. The van der Waals surface area contributed by atoms with Crippen molar-refractivity contribution in [3.8, 4) is 0 Å². The van der Waals surface area contributed by atoms with Crippen molar-refractivity contribution in [1.29, 1.82) is 0 Å². The van der Waals surface area contributed by atoms with E-state index in [9.17, 15) is 19.5 Å². The molecular formula is C25H29N7O5. The first kappa shape index (κ1) is 24.6. The quantitative estimate of drug-likeness (QED) is 0.465. The molecule has 2 saturated heterocycles. The molecule has 0 aromatic carbocycles. The lowest BCUT2D eigenvalue weighted by Crippen LogP contribution is -2.41. The zero-order valence-corrected chi connectivity index (χ0v) is 20.9. The molecule has 0 aliphatic carbocycles. The first-order chi connectivity index (χ1) is 17.5. The molecule has 12 nitrogen and oxygen atoms in total. The molecule has 3 atom stereocenters. The van der Waals surface area contributed by atoms with Crippen molar-refractivity contribution in [2.45, 2.75) is 32.8 Å². The Morgan fingerprint density at radius 1 is 1.19 bits per heavy atom. The molecule has 3 unspecified atom stereocenters. The Kier molecular flexibility index (Phi) is 6.06. The summed E-state index contributed by atoms with van der Waals surface area (Å²) in [5.41, 5.74) is 0.760. The third-order valence-electron chi connectivity index (χ3n) is 7.07. The summed E-state index contributed by atoms with van der Waals surface area (Å²) < 4.78 is 1.61. The van der Waals surface area contributed by atoms with Crippen LogP contribution in [0.15, 0.2) is 30.5 Å². The minimum atomic E-state index is -1.52. The van der Waals surface area contributed by atoms with Gasteiger partial charge in [-0.2, -0.15) is 0 Å². The van der Waals surface area contributed by atoms with Gasteiger partial charge in [0.25, 0.3) is 5.91 Å². The molecule has 0 saturated carbocycles. The van der Waals surface area contributed by atoms with E-state index in [0.717, 1.165) is 30.8 Å². The number of aryl methyl sites for hydroxylation is 1. The van der Waals surface area contributed by atoms with Gasteiger partial charge >= 0.3 is 5.97 Å². The number of anilines is 2. The van der Waals surface area contributed by atoms with E-state index >= 15 is 0 Å². The number of aromatic carboxylic acids is 1. The second-order valence-electron chi connectivity index (χ2n) is 10.2. The highest BCUT2D eigenvalue weighted by molar-refractivity contribution is 5.96. The minimum Gasteiger partial charge on any atom is -0.477 e. The van der Waals surface area contributed by atoms with E-state index in [-0.39, 0.29) is 30.4 Å². The maximum atomic E-state index is 13.3. The topological polar surface area (TPSA) is 153 Å². The van der Waals surface area contributed by atoms with Gasteiger partial charge in [-0.3, -0.25) is 9.59 Å². The van der Waals surface area contributed by atoms with E-state index < -0.39 is 29.3 Å². The monoisotopic (exact) mass is 507 g/mol. The molecule has 3 N–H and O–H groups in total. The van der Waals surface area contributed by atoms with Crippen LogP contribution in [0.2, 0.25) is 0 Å². The first-order valence-corrected chi connectivity index (χ1v) is 12.2. The van der Waals surface area contributed by atoms with Crippen LogP contribution in [0.3, 0.4) is 0 Å². The predicted molar refractivity (Wildman–Crippen MR) is 134 cm³/mol. The smallest absolute Gasteiger partial charge is 0.354 e. The van der Waals surface area contributed by atoms with Crippen LogP contribution < -0.4 is 10.2 Å². The van der Waals surface area contributed by atoms with Crippen LogP contribution in [0.25, 0.3) is 5.65 Å². The highest BCUT2D eigenvalue weighted by atomic mass is 16.4. The Bertz CT molecular complexity index is 1400. The number of carbonyl (C=O) groups is 3.